The maximum absolute atomic E-state index is 11.0. The summed E-state index contributed by atoms with van der Waals surface area (Å²) in [5, 5.41) is 12.8. The fourth-order valence-electron chi connectivity index (χ4n) is 2.18. The Morgan fingerprint density at radius 1 is 1.54 bits per heavy atom. The van der Waals surface area contributed by atoms with Crippen LogP contribution in [0.5, 0.6) is 5.75 Å². The van der Waals surface area contributed by atoms with Crippen LogP contribution >= 0.6 is 15.9 Å². The minimum absolute atomic E-state index is 0.208. The third-order valence-corrected chi connectivity index (χ3v) is 3.89. The first-order valence-corrected chi connectivity index (χ1v) is 8.28. The van der Waals surface area contributed by atoms with Crippen molar-refractivity contribution in [1.29, 1.82) is 0 Å². The van der Waals surface area contributed by atoms with Gasteiger partial charge < -0.3 is 9.84 Å². The van der Waals surface area contributed by atoms with E-state index in [4.69, 9.17) is 9.84 Å². The van der Waals surface area contributed by atoms with Crippen molar-refractivity contribution in [3.63, 3.8) is 0 Å². The zero-order chi connectivity index (χ0) is 17.5. The molecular weight excluding hydrogens is 374 g/mol. The number of nitrogens with one attached hydrogen (secondary N) is 1. The van der Waals surface area contributed by atoms with Crippen molar-refractivity contribution >= 4 is 21.9 Å². The molecule has 128 valence electrons. The molecule has 24 heavy (non-hydrogen) atoms. The van der Waals surface area contributed by atoms with Crippen molar-refractivity contribution in [2.24, 2.45) is 0 Å². The molecule has 1 aromatic rings. The molecule has 0 aromatic heterocycles. The van der Waals surface area contributed by atoms with Gasteiger partial charge in [0.25, 0.3) is 0 Å². The van der Waals surface area contributed by atoms with Gasteiger partial charge in [-0.2, -0.15) is 5.01 Å². The number of rotatable bonds is 8. The van der Waals surface area contributed by atoms with Crippen LogP contribution in [0.25, 0.3) is 0 Å². The van der Waals surface area contributed by atoms with Crippen LogP contribution < -0.4 is 10.2 Å². The van der Waals surface area contributed by atoms with Crippen molar-refractivity contribution in [3.8, 4) is 5.75 Å². The SMILES string of the molecule is C=CCOc1ccc(Br)cc1CN(CC)N1C=CC(C(=O)O)=CN1. The Balaban J connectivity index is 2.13. The summed E-state index contributed by atoms with van der Waals surface area (Å²) in [5.74, 6) is -0.173. The van der Waals surface area contributed by atoms with E-state index in [1.807, 2.05) is 30.1 Å². The van der Waals surface area contributed by atoms with Gasteiger partial charge in [0.1, 0.15) is 12.4 Å². The van der Waals surface area contributed by atoms with Crippen molar-refractivity contribution < 1.29 is 14.6 Å². The molecule has 0 fully saturated rings. The lowest BCUT2D eigenvalue weighted by Gasteiger charge is -2.34. The van der Waals surface area contributed by atoms with Gasteiger partial charge in [0.05, 0.1) is 5.57 Å². The number of hydrazine groups is 2. The van der Waals surface area contributed by atoms with E-state index >= 15 is 0 Å². The van der Waals surface area contributed by atoms with Gasteiger partial charge in [0.15, 0.2) is 0 Å². The van der Waals surface area contributed by atoms with Gasteiger partial charge in [-0.15, -0.1) is 0 Å². The Labute approximate surface area is 149 Å². The summed E-state index contributed by atoms with van der Waals surface area (Å²) in [4.78, 5) is 11.0. The van der Waals surface area contributed by atoms with Crippen molar-refractivity contribution in [1.82, 2.24) is 15.6 Å². The Kier molecular flexibility index (Phi) is 6.45. The lowest BCUT2D eigenvalue weighted by Crippen LogP contribution is -2.46. The number of halogens is 1. The van der Waals surface area contributed by atoms with Crippen LogP contribution in [0.2, 0.25) is 0 Å². The molecule has 0 saturated heterocycles. The van der Waals surface area contributed by atoms with E-state index < -0.39 is 5.97 Å². The van der Waals surface area contributed by atoms with Crippen molar-refractivity contribution in [3.05, 3.63) is 64.9 Å². The molecule has 0 saturated carbocycles. The van der Waals surface area contributed by atoms with Crippen LogP contribution in [0, 0.1) is 0 Å². The lowest BCUT2D eigenvalue weighted by atomic mass is 10.2. The van der Waals surface area contributed by atoms with Crippen LogP contribution in [0.3, 0.4) is 0 Å². The van der Waals surface area contributed by atoms with Gasteiger partial charge in [-0.1, -0.05) is 35.5 Å². The zero-order valence-corrected chi connectivity index (χ0v) is 15.0. The summed E-state index contributed by atoms with van der Waals surface area (Å²) in [5.41, 5.74) is 4.18. The standard InChI is InChI=1S/C17H20BrN3O3/c1-3-9-24-16-6-5-15(18)10-14(16)12-20(4-2)21-8-7-13(11-19-21)17(22)23/h3,5-8,10-11,19H,1,4,9,12H2,2H3,(H,22,23). The largest absolute Gasteiger partial charge is 0.489 e. The summed E-state index contributed by atoms with van der Waals surface area (Å²) in [6.45, 7) is 7.44. The molecule has 0 aliphatic carbocycles. The number of carboxylic acids is 1. The summed E-state index contributed by atoms with van der Waals surface area (Å²) in [7, 11) is 0. The number of nitrogens with zero attached hydrogens (tertiary/aromatic N) is 2. The van der Waals surface area contributed by atoms with Gasteiger partial charge in [0, 0.05) is 35.5 Å². The summed E-state index contributed by atoms with van der Waals surface area (Å²) in [6, 6.07) is 5.85. The number of hydrogen-bond donors (Lipinski definition) is 2. The second kappa shape index (κ2) is 8.56. The van der Waals surface area contributed by atoms with Crippen LogP contribution in [-0.4, -0.2) is 34.4 Å². The quantitative estimate of drug-likeness (QED) is 0.661. The highest BCUT2D eigenvalue weighted by Gasteiger charge is 2.17. The Bertz CT molecular complexity index is 673. The topological polar surface area (TPSA) is 65.0 Å². The minimum Gasteiger partial charge on any atom is -0.489 e. The molecule has 0 spiro atoms. The zero-order valence-electron chi connectivity index (χ0n) is 13.4. The number of hydrogen-bond acceptors (Lipinski definition) is 5. The monoisotopic (exact) mass is 393 g/mol. The smallest absolute Gasteiger partial charge is 0.337 e. The molecule has 2 rings (SSSR count). The molecule has 0 amide bonds. The number of aliphatic carboxylic acids is 1. The van der Waals surface area contributed by atoms with Crippen LogP contribution in [-0.2, 0) is 11.3 Å². The second-order valence-corrected chi connectivity index (χ2v) is 5.94. The molecule has 0 atom stereocenters. The normalized spacial score (nSPS) is 13.5. The highest BCUT2D eigenvalue weighted by molar-refractivity contribution is 9.10. The fraction of sp³-hybridized carbons (Fsp3) is 0.235. The molecule has 7 heteroatoms. The first-order chi connectivity index (χ1) is 11.5. The van der Waals surface area contributed by atoms with E-state index in [-0.39, 0.29) is 5.57 Å². The summed E-state index contributed by atoms with van der Waals surface area (Å²) >= 11 is 3.48. The van der Waals surface area contributed by atoms with E-state index in [2.05, 4.69) is 27.9 Å². The molecule has 2 N–H and O–H groups in total. The molecule has 1 aliphatic heterocycles. The average Bonchev–Trinajstić information content (AvgIpc) is 2.59. The van der Waals surface area contributed by atoms with E-state index in [1.165, 1.54) is 6.20 Å². The van der Waals surface area contributed by atoms with Crippen LogP contribution in [0.1, 0.15) is 12.5 Å². The van der Waals surface area contributed by atoms with Gasteiger partial charge in [-0.3, -0.25) is 5.43 Å². The predicted molar refractivity (Wildman–Crippen MR) is 95.8 cm³/mol. The molecule has 1 aliphatic rings. The van der Waals surface area contributed by atoms with E-state index in [0.29, 0.717) is 13.2 Å². The highest BCUT2D eigenvalue weighted by Crippen LogP contribution is 2.25. The van der Waals surface area contributed by atoms with Crippen molar-refractivity contribution in [2.45, 2.75) is 13.5 Å². The first-order valence-electron chi connectivity index (χ1n) is 7.49. The molecule has 1 aromatic carbocycles. The Hall–Kier alpha value is -2.25. The number of carboxylic acid groups (broad SMARTS) is 1. The predicted octanol–water partition coefficient (Wildman–Crippen LogP) is 3.05. The maximum atomic E-state index is 11.0. The number of benzene rings is 1. The minimum atomic E-state index is -0.964. The summed E-state index contributed by atoms with van der Waals surface area (Å²) in [6.07, 6.45) is 6.41. The Morgan fingerprint density at radius 2 is 2.33 bits per heavy atom. The highest BCUT2D eigenvalue weighted by atomic mass is 79.9. The lowest BCUT2D eigenvalue weighted by molar-refractivity contribution is -0.132. The number of ether oxygens (including phenoxy) is 1. The van der Waals surface area contributed by atoms with Gasteiger partial charge >= 0.3 is 5.97 Å². The number of carbonyl (C=O) groups is 1. The van der Waals surface area contributed by atoms with E-state index in [0.717, 1.165) is 22.3 Å². The van der Waals surface area contributed by atoms with Gasteiger partial charge in [0.2, 0.25) is 0 Å². The third-order valence-electron chi connectivity index (χ3n) is 3.40. The molecule has 0 radical (unpaired) electrons. The summed E-state index contributed by atoms with van der Waals surface area (Å²) < 4.78 is 6.68. The van der Waals surface area contributed by atoms with Gasteiger partial charge in [-0.05, 0) is 24.3 Å². The third kappa shape index (κ3) is 4.62. The van der Waals surface area contributed by atoms with Crippen LogP contribution in [0.15, 0.2) is 59.4 Å². The molecular formula is C17H20BrN3O3. The van der Waals surface area contributed by atoms with E-state index in [1.54, 1.807) is 23.5 Å². The van der Waals surface area contributed by atoms with E-state index in [9.17, 15) is 4.79 Å². The van der Waals surface area contributed by atoms with Crippen molar-refractivity contribution in [2.75, 3.05) is 13.2 Å². The fourth-order valence-corrected chi connectivity index (χ4v) is 2.59. The Morgan fingerprint density at radius 3 is 2.92 bits per heavy atom. The molecule has 0 unspecified atom stereocenters. The molecule has 1 heterocycles. The molecule has 0 bridgehead atoms. The first kappa shape index (κ1) is 18.1. The maximum Gasteiger partial charge on any atom is 0.337 e. The molecule has 6 nitrogen and oxygen atoms in total. The van der Waals surface area contributed by atoms with Crippen LogP contribution in [0.4, 0.5) is 0 Å². The average molecular weight is 394 g/mol. The van der Waals surface area contributed by atoms with Gasteiger partial charge in [-0.25, -0.2) is 9.91 Å². The second-order valence-electron chi connectivity index (χ2n) is 5.03.